The van der Waals surface area contributed by atoms with E-state index in [0.29, 0.717) is 16.7 Å². The Hall–Kier alpha value is -2.39. The molecule has 2 amide bonds. The Bertz CT molecular complexity index is 858. The van der Waals surface area contributed by atoms with E-state index in [1.807, 2.05) is 0 Å². The molecule has 9 heteroatoms. The molecule has 1 heterocycles. The van der Waals surface area contributed by atoms with Crippen LogP contribution in [0.4, 0.5) is 10.5 Å². The van der Waals surface area contributed by atoms with Gasteiger partial charge in [0, 0.05) is 25.0 Å². The van der Waals surface area contributed by atoms with Gasteiger partial charge in [-0.05, 0) is 12.1 Å². The van der Waals surface area contributed by atoms with E-state index in [1.165, 1.54) is 18.0 Å². The second-order valence-electron chi connectivity index (χ2n) is 4.52. The van der Waals surface area contributed by atoms with Crippen LogP contribution in [0, 0.1) is 0 Å². The molecule has 0 aliphatic heterocycles. The van der Waals surface area contributed by atoms with Crippen LogP contribution >= 0.6 is 0 Å². The molecule has 0 saturated carbocycles. The van der Waals surface area contributed by atoms with E-state index in [2.05, 4.69) is 5.32 Å². The second kappa shape index (κ2) is 6.16. The number of urea groups is 1. The molecule has 2 rings (SSSR count). The van der Waals surface area contributed by atoms with E-state index in [-0.39, 0.29) is 6.54 Å². The van der Waals surface area contributed by atoms with Crippen molar-refractivity contribution >= 4 is 32.8 Å². The summed E-state index contributed by atoms with van der Waals surface area (Å²) in [7, 11) is -2.72. The molecular weight excluding hydrogens is 312 g/mol. The average Bonchev–Trinajstić information content (AvgIpc) is 2.44. The molecule has 118 valence electrons. The van der Waals surface area contributed by atoms with Gasteiger partial charge in [-0.25, -0.2) is 9.59 Å². The zero-order valence-electron chi connectivity index (χ0n) is 11.6. The molecule has 22 heavy (non-hydrogen) atoms. The molecule has 0 aliphatic carbocycles. The minimum Gasteiger partial charge on any atom is -0.423 e. The van der Waals surface area contributed by atoms with Crippen LogP contribution in [0.1, 0.15) is 0 Å². The third-order valence-corrected chi connectivity index (χ3v) is 3.65. The highest BCUT2D eigenvalue weighted by Crippen LogP contribution is 2.23. The first-order chi connectivity index (χ1) is 10.3. The van der Waals surface area contributed by atoms with Gasteiger partial charge < -0.3 is 9.73 Å². The van der Waals surface area contributed by atoms with Gasteiger partial charge >= 0.3 is 11.7 Å². The van der Waals surface area contributed by atoms with Crippen molar-refractivity contribution < 1.29 is 22.2 Å². The van der Waals surface area contributed by atoms with Crippen molar-refractivity contribution in [3.8, 4) is 0 Å². The van der Waals surface area contributed by atoms with E-state index >= 15 is 0 Å². The summed E-state index contributed by atoms with van der Waals surface area (Å²) in [4.78, 5) is 24.7. The van der Waals surface area contributed by atoms with Crippen LogP contribution in [-0.4, -0.2) is 38.3 Å². The number of benzene rings is 1. The molecule has 0 spiro atoms. The summed E-state index contributed by atoms with van der Waals surface area (Å²) in [6.45, 7) is -0.249. The molecule has 0 atom stereocenters. The lowest BCUT2D eigenvalue weighted by atomic mass is 10.2. The van der Waals surface area contributed by atoms with Crippen LogP contribution in [0.3, 0.4) is 0 Å². The summed E-state index contributed by atoms with van der Waals surface area (Å²) in [6.07, 6.45) is 0. The molecule has 0 saturated heterocycles. The van der Waals surface area contributed by atoms with Crippen molar-refractivity contribution in [3.05, 3.63) is 40.8 Å². The lowest BCUT2D eigenvalue weighted by molar-refractivity contribution is 0.248. The van der Waals surface area contributed by atoms with E-state index in [1.54, 1.807) is 24.3 Å². The third kappa shape index (κ3) is 3.83. The van der Waals surface area contributed by atoms with Gasteiger partial charge in [0.25, 0.3) is 10.1 Å². The molecule has 1 aromatic carbocycles. The van der Waals surface area contributed by atoms with Gasteiger partial charge in [-0.15, -0.1) is 0 Å². The second-order valence-corrected chi connectivity index (χ2v) is 6.10. The lowest BCUT2D eigenvalue weighted by Crippen LogP contribution is -2.39. The summed E-state index contributed by atoms with van der Waals surface area (Å²) in [5.74, 6) is -0.593. The van der Waals surface area contributed by atoms with E-state index in [4.69, 9.17) is 8.97 Å². The number of amides is 2. The van der Waals surface area contributed by atoms with Crippen LogP contribution < -0.4 is 15.8 Å². The highest BCUT2D eigenvalue weighted by Gasteiger charge is 2.16. The van der Waals surface area contributed by atoms with Gasteiger partial charge in [-0.1, -0.05) is 12.1 Å². The fourth-order valence-electron chi connectivity index (χ4n) is 1.89. The molecule has 0 aliphatic rings. The first kappa shape index (κ1) is 16.0. The van der Waals surface area contributed by atoms with Gasteiger partial charge in [0.15, 0.2) is 0 Å². The lowest BCUT2D eigenvalue weighted by Gasteiger charge is -2.19. The number of carbonyl (C=O) groups excluding carboxylic acids is 1. The molecule has 8 nitrogen and oxygen atoms in total. The Morgan fingerprint density at radius 3 is 2.73 bits per heavy atom. The monoisotopic (exact) mass is 326 g/mol. The van der Waals surface area contributed by atoms with Crippen molar-refractivity contribution in [1.29, 1.82) is 0 Å². The molecule has 1 aromatic heterocycles. The number of nitrogens with one attached hydrogen (secondary N) is 1. The Balaban J connectivity index is 2.24. The summed E-state index contributed by atoms with van der Waals surface area (Å²) >= 11 is 0. The fraction of sp³-hybridized carbons (Fsp3) is 0.231. The average molecular weight is 326 g/mol. The van der Waals surface area contributed by atoms with E-state index < -0.39 is 27.5 Å². The molecule has 2 aromatic rings. The topological polar surface area (TPSA) is 117 Å². The van der Waals surface area contributed by atoms with Gasteiger partial charge in [-0.3, -0.25) is 9.45 Å². The largest absolute Gasteiger partial charge is 0.423 e. The summed E-state index contributed by atoms with van der Waals surface area (Å²) in [5.41, 5.74) is 0.0603. The zero-order chi connectivity index (χ0) is 16.3. The Morgan fingerprint density at radius 2 is 2.05 bits per heavy atom. The molecule has 0 fully saturated rings. The number of rotatable bonds is 4. The van der Waals surface area contributed by atoms with Crippen molar-refractivity contribution in [2.45, 2.75) is 0 Å². The van der Waals surface area contributed by atoms with Crippen LogP contribution in [0.15, 0.2) is 39.5 Å². The Morgan fingerprint density at radius 1 is 1.36 bits per heavy atom. The van der Waals surface area contributed by atoms with Gasteiger partial charge in [0.2, 0.25) is 0 Å². The SMILES string of the molecule is CN(C(=O)NCCS(=O)(=O)O)c1cc(=O)oc2ccccc12. The van der Waals surface area contributed by atoms with Crippen LogP contribution in [0.25, 0.3) is 11.0 Å². The highest BCUT2D eigenvalue weighted by molar-refractivity contribution is 7.85. The number of nitrogens with zero attached hydrogens (tertiary/aromatic N) is 1. The minimum atomic E-state index is -4.15. The molecule has 2 N–H and O–H groups in total. The molecule has 0 unspecified atom stereocenters. The molecule has 0 radical (unpaired) electrons. The molecular formula is C13H14N2O6S. The number of carbonyl (C=O) groups is 1. The maximum Gasteiger partial charge on any atom is 0.338 e. The van der Waals surface area contributed by atoms with Gasteiger partial charge in [0.05, 0.1) is 11.4 Å². The summed E-state index contributed by atoms with van der Waals surface area (Å²) in [5, 5.41) is 2.90. The zero-order valence-corrected chi connectivity index (χ0v) is 12.5. The normalized spacial score (nSPS) is 11.4. The quantitative estimate of drug-likeness (QED) is 0.635. The van der Waals surface area contributed by atoms with E-state index in [9.17, 15) is 18.0 Å². The maximum absolute atomic E-state index is 12.0. The maximum atomic E-state index is 12.0. The number of hydrogen-bond acceptors (Lipinski definition) is 5. The van der Waals surface area contributed by atoms with Crippen LogP contribution in [-0.2, 0) is 10.1 Å². The number of anilines is 1. The standard InChI is InChI=1S/C13H14N2O6S/c1-15(13(17)14-6-7-22(18,19)20)10-8-12(16)21-11-5-3-2-4-9(10)11/h2-5,8H,6-7H2,1H3,(H,14,17)(H,18,19,20). The number of para-hydroxylation sites is 1. The first-order valence-electron chi connectivity index (χ1n) is 6.27. The predicted octanol–water partition coefficient (Wildman–Crippen LogP) is 0.827. The number of fused-ring (bicyclic) bond motifs is 1. The van der Waals surface area contributed by atoms with Crippen molar-refractivity contribution in [1.82, 2.24) is 5.32 Å². The van der Waals surface area contributed by atoms with Gasteiger partial charge in [0.1, 0.15) is 5.58 Å². The fourth-order valence-corrected chi connectivity index (χ4v) is 2.25. The predicted molar refractivity (Wildman–Crippen MR) is 80.7 cm³/mol. The van der Waals surface area contributed by atoms with Crippen molar-refractivity contribution in [2.24, 2.45) is 0 Å². The Kier molecular flexibility index (Phi) is 4.48. The first-order valence-corrected chi connectivity index (χ1v) is 7.88. The third-order valence-electron chi connectivity index (χ3n) is 2.93. The van der Waals surface area contributed by atoms with Crippen LogP contribution in [0.2, 0.25) is 0 Å². The van der Waals surface area contributed by atoms with E-state index in [0.717, 1.165) is 0 Å². The summed E-state index contributed by atoms with van der Waals surface area (Å²) in [6, 6.07) is 7.28. The minimum absolute atomic E-state index is 0.249. The van der Waals surface area contributed by atoms with Crippen LogP contribution in [0.5, 0.6) is 0 Å². The van der Waals surface area contributed by atoms with Gasteiger partial charge in [-0.2, -0.15) is 8.42 Å². The highest BCUT2D eigenvalue weighted by atomic mass is 32.2. The Labute approximate surface area is 126 Å². The van der Waals surface area contributed by atoms with Crippen molar-refractivity contribution in [3.63, 3.8) is 0 Å². The molecule has 0 bridgehead atoms. The van der Waals surface area contributed by atoms with Crippen molar-refractivity contribution in [2.75, 3.05) is 24.2 Å². The smallest absolute Gasteiger partial charge is 0.338 e. The number of hydrogen-bond donors (Lipinski definition) is 2. The summed E-state index contributed by atoms with van der Waals surface area (Å²) < 4.78 is 34.9.